The molecule has 0 radical (unpaired) electrons. The molecule has 4 rings (SSSR count). The Hall–Kier alpha value is -1.51. The highest BCUT2D eigenvalue weighted by atomic mass is 79.9. The predicted octanol–water partition coefficient (Wildman–Crippen LogP) is 2.91. The van der Waals surface area contributed by atoms with E-state index in [1.165, 1.54) is 0 Å². The normalized spacial score (nSPS) is 20.2. The number of halogens is 2. The van der Waals surface area contributed by atoms with Gasteiger partial charge in [-0.2, -0.15) is 0 Å². The Bertz CT molecular complexity index is 777. The molecule has 2 amide bonds. The molecule has 0 aliphatic carbocycles. The Kier molecular flexibility index (Phi) is 5.41. The number of nitrogens with one attached hydrogen (secondary N) is 2. The van der Waals surface area contributed by atoms with Crippen LogP contribution in [0.25, 0.3) is 11.0 Å². The van der Waals surface area contributed by atoms with Crippen molar-refractivity contribution in [1.29, 1.82) is 0 Å². The fourth-order valence-electron chi connectivity index (χ4n) is 3.39. The first-order valence-corrected chi connectivity index (χ1v) is 9.15. The second-order valence-electron chi connectivity index (χ2n) is 6.50. The van der Waals surface area contributed by atoms with Gasteiger partial charge in [0.1, 0.15) is 5.65 Å². The van der Waals surface area contributed by atoms with Crippen LogP contribution in [0.4, 0.5) is 16.2 Å². The molecule has 2 aliphatic rings. The van der Waals surface area contributed by atoms with Crippen molar-refractivity contribution in [3.8, 4) is 0 Å². The van der Waals surface area contributed by atoms with E-state index < -0.39 is 0 Å². The van der Waals surface area contributed by atoms with Crippen molar-refractivity contribution in [3.05, 3.63) is 16.9 Å². The predicted molar refractivity (Wildman–Crippen MR) is 106 cm³/mol. The fraction of sp³-hybridized carbons (Fsp3) is 0.500. The third-order valence-electron chi connectivity index (χ3n) is 4.79. The summed E-state index contributed by atoms with van der Waals surface area (Å²) in [5.41, 5.74) is 8.75. The van der Waals surface area contributed by atoms with E-state index >= 15 is 0 Å². The molecular formula is C16H22BrClN6O. The first-order valence-electron chi connectivity index (χ1n) is 8.35. The molecule has 25 heavy (non-hydrogen) atoms. The van der Waals surface area contributed by atoms with Crippen molar-refractivity contribution in [2.45, 2.75) is 25.3 Å². The second-order valence-corrected chi connectivity index (χ2v) is 7.35. The summed E-state index contributed by atoms with van der Waals surface area (Å²) in [6, 6.07) is 0.121. The quantitative estimate of drug-likeness (QED) is 0.684. The molecule has 4 N–H and O–H groups in total. The van der Waals surface area contributed by atoms with E-state index in [1.54, 1.807) is 11.1 Å². The van der Waals surface area contributed by atoms with Crippen LogP contribution in [0.5, 0.6) is 0 Å². The molecule has 0 aromatic carbocycles. The van der Waals surface area contributed by atoms with E-state index in [0.717, 1.165) is 72.3 Å². The average molecular weight is 430 g/mol. The standard InChI is InChI=1S/C16H21BrN6O.ClH/c17-11-7-19-15-13(14(11)23-4-1-3-10(18)9-23)12(8-20-15)21-16(24)22-5-2-6-22;/h7-8,10H,1-6,9,18H2,(H,19,20)(H,21,24);1H/t10-;/m1./s1. The molecule has 136 valence electrons. The molecule has 2 fully saturated rings. The van der Waals surface area contributed by atoms with Crippen molar-refractivity contribution in [2.24, 2.45) is 5.73 Å². The molecule has 2 aromatic heterocycles. The van der Waals surface area contributed by atoms with Gasteiger partial charge in [-0.15, -0.1) is 12.4 Å². The maximum Gasteiger partial charge on any atom is 0.321 e. The van der Waals surface area contributed by atoms with Crippen LogP contribution in [0.15, 0.2) is 16.9 Å². The summed E-state index contributed by atoms with van der Waals surface area (Å²) in [4.78, 5) is 24.0. The number of carbonyl (C=O) groups excluding carboxylic acids is 1. The number of aromatic nitrogens is 2. The lowest BCUT2D eigenvalue weighted by molar-refractivity contribution is 0.181. The van der Waals surface area contributed by atoms with Crippen LogP contribution in [0.2, 0.25) is 0 Å². The molecular weight excluding hydrogens is 408 g/mol. The van der Waals surface area contributed by atoms with Crippen LogP contribution in [-0.4, -0.2) is 53.1 Å². The number of nitrogens with two attached hydrogens (primary N) is 1. The van der Waals surface area contributed by atoms with Crippen LogP contribution in [-0.2, 0) is 0 Å². The summed E-state index contributed by atoms with van der Waals surface area (Å²) in [6.07, 6.45) is 6.81. The number of piperidine rings is 1. The van der Waals surface area contributed by atoms with Gasteiger partial charge in [0.2, 0.25) is 0 Å². The summed E-state index contributed by atoms with van der Waals surface area (Å²) in [5.74, 6) is 0. The van der Waals surface area contributed by atoms with E-state index in [-0.39, 0.29) is 24.5 Å². The number of urea groups is 1. The molecule has 2 saturated heterocycles. The van der Waals surface area contributed by atoms with Crippen LogP contribution in [0, 0.1) is 0 Å². The van der Waals surface area contributed by atoms with Crippen molar-refractivity contribution in [3.63, 3.8) is 0 Å². The molecule has 0 spiro atoms. The first-order chi connectivity index (χ1) is 11.6. The van der Waals surface area contributed by atoms with Gasteiger partial charge in [-0.05, 0) is 35.2 Å². The van der Waals surface area contributed by atoms with Gasteiger partial charge >= 0.3 is 6.03 Å². The van der Waals surface area contributed by atoms with Crippen molar-refractivity contribution < 1.29 is 4.79 Å². The van der Waals surface area contributed by atoms with Gasteiger partial charge in [-0.25, -0.2) is 9.78 Å². The summed E-state index contributed by atoms with van der Waals surface area (Å²) in [5, 5.41) is 3.96. The van der Waals surface area contributed by atoms with Crippen molar-refractivity contribution in [1.82, 2.24) is 14.9 Å². The van der Waals surface area contributed by atoms with E-state index in [0.29, 0.717) is 0 Å². The van der Waals surface area contributed by atoms with Gasteiger partial charge in [0.05, 0.1) is 21.2 Å². The average Bonchev–Trinajstić information content (AvgIpc) is 2.88. The first kappa shape index (κ1) is 18.3. The molecule has 9 heteroatoms. The Labute approximate surface area is 160 Å². The van der Waals surface area contributed by atoms with Crippen LogP contribution >= 0.6 is 28.3 Å². The van der Waals surface area contributed by atoms with Crippen LogP contribution in [0.1, 0.15) is 19.3 Å². The number of fused-ring (bicyclic) bond motifs is 1. The Morgan fingerprint density at radius 2 is 2.16 bits per heavy atom. The molecule has 0 unspecified atom stereocenters. The minimum atomic E-state index is -0.0524. The van der Waals surface area contributed by atoms with E-state index in [1.807, 2.05) is 6.20 Å². The second kappa shape index (κ2) is 7.39. The van der Waals surface area contributed by atoms with Gasteiger partial charge < -0.3 is 25.8 Å². The maximum absolute atomic E-state index is 12.3. The van der Waals surface area contributed by atoms with Gasteiger partial charge in [-0.3, -0.25) is 0 Å². The SMILES string of the molecule is Cl.N[C@@H]1CCCN(c2c(Br)cnc3[nH]cc(NC(=O)N4CCC4)c23)C1. The van der Waals surface area contributed by atoms with Crippen molar-refractivity contribution in [2.75, 3.05) is 36.4 Å². The summed E-state index contributed by atoms with van der Waals surface area (Å²) in [7, 11) is 0. The largest absolute Gasteiger partial charge is 0.368 e. The lowest BCUT2D eigenvalue weighted by Crippen LogP contribution is -2.44. The number of pyridine rings is 1. The zero-order valence-electron chi connectivity index (χ0n) is 13.8. The highest BCUT2D eigenvalue weighted by Gasteiger charge is 2.25. The zero-order valence-corrected chi connectivity index (χ0v) is 16.2. The Balaban J connectivity index is 0.00000182. The van der Waals surface area contributed by atoms with Crippen molar-refractivity contribution >= 4 is 56.8 Å². The smallest absolute Gasteiger partial charge is 0.321 e. The van der Waals surface area contributed by atoms with E-state index in [9.17, 15) is 4.79 Å². The van der Waals surface area contributed by atoms with Gasteiger partial charge in [0.15, 0.2) is 0 Å². The number of likely N-dealkylation sites (tertiary alicyclic amines) is 1. The molecule has 0 bridgehead atoms. The number of nitrogens with zero attached hydrogens (tertiary/aromatic N) is 3. The minimum absolute atomic E-state index is 0. The molecule has 4 heterocycles. The highest BCUT2D eigenvalue weighted by Crippen LogP contribution is 2.38. The number of H-pyrrole nitrogens is 1. The number of rotatable bonds is 2. The van der Waals surface area contributed by atoms with Gasteiger partial charge in [0, 0.05) is 44.6 Å². The Morgan fingerprint density at radius 3 is 2.84 bits per heavy atom. The number of hydrogen-bond acceptors (Lipinski definition) is 4. The number of hydrogen-bond donors (Lipinski definition) is 3. The monoisotopic (exact) mass is 428 g/mol. The number of carbonyl (C=O) groups is 1. The molecule has 2 aromatic rings. The van der Waals surface area contributed by atoms with Crippen LogP contribution < -0.4 is 16.0 Å². The van der Waals surface area contributed by atoms with Gasteiger partial charge in [-0.1, -0.05) is 0 Å². The third-order valence-corrected chi connectivity index (χ3v) is 5.37. The van der Waals surface area contributed by atoms with Crippen LogP contribution in [0.3, 0.4) is 0 Å². The number of anilines is 2. The maximum atomic E-state index is 12.3. The molecule has 1 atom stereocenters. The minimum Gasteiger partial charge on any atom is -0.368 e. The number of amides is 2. The lowest BCUT2D eigenvalue weighted by atomic mass is 10.1. The van der Waals surface area contributed by atoms with Gasteiger partial charge in [0.25, 0.3) is 0 Å². The summed E-state index contributed by atoms with van der Waals surface area (Å²) < 4.78 is 0.920. The topological polar surface area (TPSA) is 90.3 Å². The van der Waals surface area contributed by atoms with E-state index in [4.69, 9.17) is 5.73 Å². The third kappa shape index (κ3) is 3.43. The van der Waals surface area contributed by atoms with E-state index in [2.05, 4.69) is 36.1 Å². The molecule has 7 nitrogen and oxygen atoms in total. The fourth-order valence-corrected chi connectivity index (χ4v) is 3.94. The molecule has 0 saturated carbocycles. The Morgan fingerprint density at radius 1 is 1.36 bits per heavy atom. The lowest BCUT2D eigenvalue weighted by Gasteiger charge is -2.34. The number of aromatic amines is 1. The molecule has 2 aliphatic heterocycles. The summed E-state index contributed by atoms with van der Waals surface area (Å²) in [6.45, 7) is 3.41. The zero-order chi connectivity index (χ0) is 16.7. The highest BCUT2D eigenvalue weighted by molar-refractivity contribution is 9.10. The summed E-state index contributed by atoms with van der Waals surface area (Å²) >= 11 is 3.63.